The van der Waals surface area contributed by atoms with Gasteiger partial charge in [-0.15, -0.1) is 0 Å². The van der Waals surface area contributed by atoms with E-state index in [9.17, 15) is 9.59 Å². The number of fused-ring (bicyclic) bond motifs is 2. The molecule has 3 rings (SSSR count). The Labute approximate surface area is 136 Å². The fourth-order valence-electron chi connectivity index (χ4n) is 3.08. The maximum Gasteiger partial charge on any atom is 0.408 e. The van der Waals surface area contributed by atoms with E-state index in [0.29, 0.717) is 13.1 Å². The summed E-state index contributed by atoms with van der Waals surface area (Å²) in [6.45, 7) is 7.65. The van der Waals surface area contributed by atoms with Gasteiger partial charge in [-0.1, -0.05) is 24.3 Å². The number of rotatable bonds is 1. The Hall–Kier alpha value is -2.08. The summed E-state index contributed by atoms with van der Waals surface area (Å²) in [7, 11) is 0. The number of hydrogen-bond donors (Lipinski definition) is 1. The average Bonchev–Trinajstić information content (AvgIpc) is 2.87. The molecule has 23 heavy (non-hydrogen) atoms. The van der Waals surface area contributed by atoms with E-state index in [0.717, 1.165) is 24.1 Å². The van der Waals surface area contributed by atoms with Gasteiger partial charge in [0, 0.05) is 19.6 Å². The van der Waals surface area contributed by atoms with Crippen molar-refractivity contribution in [3.05, 3.63) is 35.4 Å². The number of benzene rings is 1. The Bertz CT molecular complexity index is 624. The Morgan fingerprint density at radius 2 is 2.00 bits per heavy atom. The Morgan fingerprint density at radius 3 is 2.74 bits per heavy atom. The predicted octanol–water partition coefficient (Wildman–Crippen LogP) is 2.22. The van der Waals surface area contributed by atoms with Gasteiger partial charge in [-0.25, -0.2) is 9.80 Å². The van der Waals surface area contributed by atoms with E-state index in [1.807, 2.05) is 24.3 Å². The normalized spacial score (nSPS) is 21.4. The van der Waals surface area contributed by atoms with Crippen LogP contribution in [0.15, 0.2) is 24.3 Å². The van der Waals surface area contributed by atoms with Crippen molar-refractivity contribution >= 4 is 12.0 Å². The molecule has 0 bridgehead atoms. The third kappa shape index (κ3) is 3.32. The van der Waals surface area contributed by atoms with Gasteiger partial charge in [0.25, 0.3) is 5.91 Å². The van der Waals surface area contributed by atoms with E-state index >= 15 is 0 Å². The summed E-state index contributed by atoms with van der Waals surface area (Å²) in [5.41, 5.74) is 1.31. The molecule has 1 N–H and O–H groups in total. The molecule has 1 atom stereocenters. The molecule has 0 saturated carbocycles. The Balaban J connectivity index is 1.90. The number of carbonyl (C=O) groups excluding carboxylic acids is 2. The molecular weight excluding hydrogens is 294 g/mol. The van der Waals surface area contributed by atoms with Gasteiger partial charge in [-0.3, -0.25) is 9.80 Å². The molecule has 2 aliphatic rings. The van der Waals surface area contributed by atoms with E-state index in [1.165, 1.54) is 0 Å². The number of hydrazine groups is 1. The highest BCUT2D eigenvalue weighted by atomic mass is 16.6. The summed E-state index contributed by atoms with van der Waals surface area (Å²) in [5, 5.41) is 6.56. The standard InChI is InChI=1S/C17H23N3O3/c1-17(2,3)23-16(22)18-14-13-8-5-4-7-12(13)11-19-9-6-10-20(19)15(14)21/h4-5,7-8,14H,6,9-11H2,1-3H3,(H,18,22)/t14-/m1/s1. The van der Waals surface area contributed by atoms with E-state index < -0.39 is 17.7 Å². The minimum atomic E-state index is -0.704. The number of nitrogens with one attached hydrogen (secondary N) is 1. The predicted molar refractivity (Wildman–Crippen MR) is 85.3 cm³/mol. The van der Waals surface area contributed by atoms with Gasteiger partial charge in [0.1, 0.15) is 11.6 Å². The van der Waals surface area contributed by atoms with Gasteiger partial charge in [0.15, 0.2) is 0 Å². The maximum absolute atomic E-state index is 12.9. The molecule has 2 amide bonds. The minimum absolute atomic E-state index is 0.0988. The molecule has 2 aliphatic heterocycles. The van der Waals surface area contributed by atoms with Gasteiger partial charge < -0.3 is 10.1 Å². The van der Waals surface area contributed by atoms with Gasteiger partial charge in [0.05, 0.1) is 0 Å². The zero-order valence-corrected chi connectivity index (χ0v) is 13.8. The van der Waals surface area contributed by atoms with Gasteiger partial charge in [-0.05, 0) is 38.3 Å². The zero-order valence-electron chi connectivity index (χ0n) is 13.8. The second-order valence-corrected chi connectivity index (χ2v) is 6.98. The summed E-state index contributed by atoms with van der Waals surface area (Å²) < 4.78 is 5.32. The molecule has 0 aliphatic carbocycles. The summed E-state index contributed by atoms with van der Waals surface area (Å²) >= 11 is 0. The molecule has 0 radical (unpaired) electrons. The molecule has 2 heterocycles. The van der Waals surface area contributed by atoms with E-state index in [2.05, 4.69) is 10.3 Å². The van der Waals surface area contributed by atoms with Crippen LogP contribution in [-0.4, -0.2) is 40.7 Å². The van der Waals surface area contributed by atoms with E-state index in [4.69, 9.17) is 4.74 Å². The highest BCUT2D eigenvalue weighted by Gasteiger charge is 2.38. The second-order valence-electron chi connectivity index (χ2n) is 6.98. The lowest BCUT2D eigenvalue weighted by atomic mass is 10.00. The molecule has 1 aromatic rings. The van der Waals surface area contributed by atoms with Crippen LogP contribution in [0.1, 0.15) is 44.4 Å². The van der Waals surface area contributed by atoms with Crippen molar-refractivity contribution in [2.75, 3.05) is 13.1 Å². The van der Waals surface area contributed by atoms with Crippen molar-refractivity contribution in [3.8, 4) is 0 Å². The number of carbonyl (C=O) groups is 2. The Kier molecular flexibility index (Phi) is 4.02. The number of ether oxygens (including phenoxy) is 1. The summed E-state index contributed by atoms with van der Waals surface area (Å²) in [6, 6.07) is 7.05. The fraction of sp³-hybridized carbons (Fsp3) is 0.529. The largest absolute Gasteiger partial charge is 0.444 e. The van der Waals surface area contributed by atoms with Crippen LogP contribution in [0.5, 0.6) is 0 Å². The highest BCUT2D eigenvalue weighted by molar-refractivity contribution is 5.87. The highest BCUT2D eigenvalue weighted by Crippen LogP contribution is 2.29. The lowest BCUT2D eigenvalue weighted by Gasteiger charge is -2.28. The third-order valence-corrected chi connectivity index (χ3v) is 4.01. The number of amides is 2. The van der Waals surface area contributed by atoms with Crippen LogP contribution < -0.4 is 5.32 Å². The van der Waals surface area contributed by atoms with Gasteiger partial charge in [-0.2, -0.15) is 0 Å². The first kappa shape index (κ1) is 15.8. The molecule has 6 nitrogen and oxygen atoms in total. The Morgan fingerprint density at radius 1 is 1.26 bits per heavy atom. The molecule has 0 spiro atoms. The monoisotopic (exact) mass is 317 g/mol. The van der Waals surface area contributed by atoms with Crippen molar-refractivity contribution in [2.24, 2.45) is 0 Å². The summed E-state index contributed by atoms with van der Waals surface area (Å²) in [6.07, 6.45) is 0.380. The van der Waals surface area contributed by atoms with Crippen LogP contribution in [0.4, 0.5) is 4.79 Å². The van der Waals surface area contributed by atoms with Crippen LogP contribution in [0.3, 0.4) is 0 Å². The first-order chi connectivity index (χ1) is 10.8. The number of nitrogens with zero attached hydrogens (tertiary/aromatic N) is 2. The van der Waals surface area contributed by atoms with Gasteiger partial charge in [0.2, 0.25) is 0 Å². The first-order valence-electron chi connectivity index (χ1n) is 7.99. The molecule has 0 unspecified atom stereocenters. The maximum atomic E-state index is 12.9. The lowest BCUT2D eigenvalue weighted by molar-refractivity contribution is -0.146. The molecule has 0 aromatic heterocycles. The van der Waals surface area contributed by atoms with Crippen molar-refractivity contribution in [1.82, 2.24) is 15.3 Å². The van der Waals surface area contributed by atoms with Crippen LogP contribution in [0.25, 0.3) is 0 Å². The van der Waals surface area contributed by atoms with Crippen molar-refractivity contribution in [1.29, 1.82) is 0 Å². The molecule has 1 aromatic carbocycles. The van der Waals surface area contributed by atoms with Crippen molar-refractivity contribution in [2.45, 2.75) is 45.4 Å². The lowest BCUT2D eigenvalue weighted by Crippen LogP contribution is -2.46. The molecule has 1 saturated heterocycles. The van der Waals surface area contributed by atoms with Crippen molar-refractivity contribution in [3.63, 3.8) is 0 Å². The number of hydrogen-bond acceptors (Lipinski definition) is 4. The third-order valence-electron chi connectivity index (χ3n) is 4.01. The van der Waals surface area contributed by atoms with E-state index in [-0.39, 0.29) is 5.91 Å². The second kappa shape index (κ2) is 5.85. The van der Waals surface area contributed by atoms with Gasteiger partial charge >= 0.3 is 6.09 Å². The smallest absolute Gasteiger partial charge is 0.408 e. The number of alkyl carbamates (subject to hydrolysis) is 1. The average molecular weight is 317 g/mol. The minimum Gasteiger partial charge on any atom is -0.444 e. The van der Waals surface area contributed by atoms with Crippen LogP contribution in [0, 0.1) is 0 Å². The molecular formula is C17H23N3O3. The fourth-order valence-corrected chi connectivity index (χ4v) is 3.08. The van der Waals surface area contributed by atoms with Crippen molar-refractivity contribution < 1.29 is 14.3 Å². The summed E-state index contributed by atoms with van der Waals surface area (Å²) in [5.74, 6) is -0.0988. The van der Waals surface area contributed by atoms with E-state index in [1.54, 1.807) is 25.8 Å². The molecule has 6 heteroatoms. The molecule has 1 fully saturated rings. The summed E-state index contributed by atoms with van der Waals surface area (Å²) in [4.78, 5) is 25.1. The van der Waals surface area contributed by atoms with Crippen LogP contribution in [0.2, 0.25) is 0 Å². The first-order valence-corrected chi connectivity index (χ1v) is 7.99. The zero-order chi connectivity index (χ0) is 16.6. The quantitative estimate of drug-likeness (QED) is 0.863. The topological polar surface area (TPSA) is 61.9 Å². The molecule has 124 valence electrons. The van der Waals surface area contributed by atoms with Crippen LogP contribution >= 0.6 is 0 Å². The SMILES string of the molecule is CC(C)(C)OC(=O)N[C@H]1C(=O)N2CCCN2Cc2ccccc21. The van der Waals surface area contributed by atoms with Crippen LogP contribution in [-0.2, 0) is 16.1 Å².